The minimum absolute atomic E-state index is 0.204. The van der Waals surface area contributed by atoms with Crippen molar-refractivity contribution in [3.8, 4) is 0 Å². The number of likely N-dealkylation sites (N-methyl/N-ethyl adjacent to an activating group) is 1. The number of hydrogen-bond donors (Lipinski definition) is 2. The number of halogens is 1. The second-order valence-electron chi connectivity index (χ2n) is 3.44. The van der Waals surface area contributed by atoms with Crippen LogP contribution in [0.15, 0.2) is 15.5 Å². The average molecular weight is 319 g/mol. The van der Waals surface area contributed by atoms with Crippen molar-refractivity contribution in [3.05, 3.63) is 21.0 Å². The van der Waals surface area contributed by atoms with E-state index >= 15 is 0 Å². The van der Waals surface area contributed by atoms with Gasteiger partial charge in [-0.2, -0.15) is 5.10 Å². The minimum Gasteiger partial charge on any atom is -0.468 e. The summed E-state index contributed by atoms with van der Waals surface area (Å²) in [6.45, 7) is 1.22. The van der Waals surface area contributed by atoms with E-state index in [4.69, 9.17) is 0 Å². The second kappa shape index (κ2) is 7.12. The highest BCUT2D eigenvalue weighted by Crippen LogP contribution is 2.15. The Balaban J connectivity index is 2.84. The lowest BCUT2D eigenvalue weighted by Crippen LogP contribution is -2.29. The SMILES string of the molecule is CNCCNc1cnn(CC(=O)OC)c(=O)c1Br. The molecule has 1 aromatic heterocycles. The summed E-state index contributed by atoms with van der Waals surface area (Å²) in [6.07, 6.45) is 1.49. The number of rotatable bonds is 6. The Kier molecular flexibility index (Phi) is 5.79. The summed E-state index contributed by atoms with van der Waals surface area (Å²) in [5.74, 6) is -0.521. The molecular weight excluding hydrogens is 304 g/mol. The monoisotopic (exact) mass is 318 g/mol. The van der Waals surface area contributed by atoms with Gasteiger partial charge in [0, 0.05) is 13.1 Å². The van der Waals surface area contributed by atoms with Crippen LogP contribution in [0.3, 0.4) is 0 Å². The number of carbonyl (C=O) groups excluding carboxylic acids is 1. The molecule has 7 nitrogen and oxygen atoms in total. The van der Waals surface area contributed by atoms with Crippen molar-refractivity contribution in [2.75, 3.05) is 32.6 Å². The normalized spacial score (nSPS) is 10.2. The van der Waals surface area contributed by atoms with Crippen LogP contribution in [0.2, 0.25) is 0 Å². The zero-order valence-corrected chi connectivity index (χ0v) is 11.8. The van der Waals surface area contributed by atoms with E-state index < -0.39 is 5.97 Å². The van der Waals surface area contributed by atoms with Crippen molar-refractivity contribution in [1.29, 1.82) is 0 Å². The Morgan fingerprint density at radius 1 is 1.56 bits per heavy atom. The van der Waals surface area contributed by atoms with Gasteiger partial charge in [-0.05, 0) is 23.0 Å². The lowest BCUT2D eigenvalue weighted by Gasteiger charge is -2.09. The predicted octanol–water partition coefficient (Wildman–Crippen LogP) is -0.190. The summed E-state index contributed by atoms with van der Waals surface area (Å²) in [4.78, 5) is 22.9. The molecule has 0 amide bonds. The van der Waals surface area contributed by atoms with Crippen molar-refractivity contribution in [2.45, 2.75) is 6.54 Å². The van der Waals surface area contributed by atoms with Crippen LogP contribution >= 0.6 is 15.9 Å². The molecule has 8 heteroatoms. The highest BCUT2D eigenvalue weighted by Gasteiger charge is 2.11. The van der Waals surface area contributed by atoms with Crippen molar-refractivity contribution in [3.63, 3.8) is 0 Å². The molecule has 18 heavy (non-hydrogen) atoms. The predicted molar refractivity (Wildman–Crippen MR) is 70.6 cm³/mol. The molecule has 100 valence electrons. The van der Waals surface area contributed by atoms with Gasteiger partial charge in [0.25, 0.3) is 5.56 Å². The summed E-state index contributed by atoms with van der Waals surface area (Å²) in [6, 6.07) is 0. The van der Waals surface area contributed by atoms with Gasteiger partial charge >= 0.3 is 5.97 Å². The van der Waals surface area contributed by atoms with Crippen LogP contribution in [-0.4, -0.2) is 43.0 Å². The summed E-state index contributed by atoms with van der Waals surface area (Å²) in [5.41, 5.74) is 0.214. The number of anilines is 1. The Morgan fingerprint density at radius 2 is 2.28 bits per heavy atom. The number of nitrogens with zero attached hydrogens (tertiary/aromatic N) is 2. The molecule has 1 aromatic rings. The van der Waals surface area contributed by atoms with Gasteiger partial charge in [-0.15, -0.1) is 0 Å². The molecule has 0 spiro atoms. The molecule has 0 bridgehead atoms. The fourth-order valence-electron chi connectivity index (χ4n) is 1.21. The standard InChI is InChI=1S/C10H15BrN4O3/c1-12-3-4-13-7-5-14-15(6-8(16)18-2)10(17)9(7)11/h5,12-13H,3-4,6H2,1-2H3. The van der Waals surface area contributed by atoms with E-state index in [1.54, 1.807) is 0 Å². The summed E-state index contributed by atoms with van der Waals surface area (Å²) < 4.78 is 5.87. The average Bonchev–Trinajstić information content (AvgIpc) is 2.37. The molecule has 0 aromatic carbocycles. The van der Waals surface area contributed by atoms with E-state index in [0.717, 1.165) is 11.2 Å². The van der Waals surface area contributed by atoms with Crippen LogP contribution in [0.25, 0.3) is 0 Å². The van der Waals surface area contributed by atoms with Gasteiger partial charge in [0.2, 0.25) is 0 Å². The van der Waals surface area contributed by atoms with Crippen molar-refractivity contribution < 1.29 is 9.53 Å². The summed E-state index contributed by atoms with van der Waals surface area (Å²) >= 11 is 3.19. The third-order valence-corrected chi connectivity index (χ3v) is 2.95. The Morgan fingerprint density at radius 3 is 2.89 bits per heavy atom. The molecule has 0 unspecified atom stereocenters. The molecule has 0 radical (unpaired) electrons. The molecule has 0 saturated carbocycles. The van der Waals surface area contributed by atoms with Crippen LogP contribution in [0.4, 0.5) is 5.69 Å². The largest absolute Gasteiger partial charge is 0.468 e. The van der Waals surface area contributed by atoms with Gasteiger partial charge in [0.15, 0.2) is 0 Å². The first-order valence-electron chi connectivity index (χ1n) is 5.31. The highest BCUT2D eigenvalue weighted by atomic mass is 79.9. The first-order chi connectivity index (χ1) is 8.60. The van der Waals surface area contributed by atoms with Gasteiger partial charge in [-0.1, -0.05) is 0 Å². The topological polar surface area (TPSA) is 85.2 Å². The number of ether oxygens (including phenoxy) is 1. The zero-order chi connectivity index (χ0) is 13.5. The lowest BCUT2D eigenvalue weighted by atomic mass is 10.4. The first-order valence-corrected chi connectivity index (χ1v) is 6.10. The van der Waals surface area contributed by atoms with Gasteiger partial charge < -0.3 is 15.4 Å². The molecule has 0 atom stereocenters. The quantitative estimate of drug-likeness (QED) is 0.558. The third-order valence-electron chi connectivity index (χ3n) is 2.18. The van der Waals surface area contributed by atoms with E-state index in [1.807, 2.05) is 7.05 Å². The number of nitrogens with one attached hydrogen (secondary N) is 2. The van der Waals surface area contributed by atoms with E-state index in [2.05, 4.69) is 36.4 Å². The number of esters is 1. The Bertz CT molecular complexity index is 475. The fraction of sp³-hybridized carbons (Fsp3) is 0.500. The molecule has 0 fully saturated rings. The number of hydrogen-bond acceptors (Lipinski definition) is 6. The van der Waals surface area contributed by atoms with Crippen LogP contribution in [0.5, 0.6) is 0 Å². The maximum atomic E-state index is 11.9. The van der Waals surface area contributed by atoms with Crippen molar-refractivity contribution >= 4 is 27.6 Å². The molecule has 2 N–H and O–H groups in total. The van der Waals surface area contributed by atoms with Gasteiger partial charge in [0.05, 0.1) is 19.0 Å². The van der Waals surface area contributed by atoms with E-state index in [1.165, 1.54) is 13.3 Å². The van der Waals surface area contributed by atoms with Crippen molar-refractivity contribution in [2.24, 2.45) is 0 Å². The molecule has 1 heterocycles. The summed E-state index contributed by atoms with van der Waals surface area (Å²) in [7, 11) is 3.10. The van der Waals surface area contributed by atoms with Gasteiger partial charge in [0.1, 0.15) is 11.0 Å². The van der Waals surface area contributed by atoms with Crippen molar-refractivity contribution in [1.82, 2.24) is 15.1 Å². The molecule has 0 aliphatic heterocycles. The number of methoxy groups -OCH3 is 1. The molecule has 1 rings (SSSR count). The number of aromatic nitrogens is 2. The van der Waals surface area contributed by atoms with Crippen LogP contribution in [0, 0.1) is 0 Å². The van der Waals surface area contributed by atoms with Crippen LogP contribution in [0.1, 0.15) is 0 Å². The molecular formula is C10H15BrN4O3. The fourth-order valence-corrected chi connectivity index (χ4v) is 1.66. The van der Waals surface area contributed by atoms with Crippen LogP contribution in [-0.2, 0) is 16.1 Å². The maximum Gasteiger partial charge on any atom is 0.327 e. The first kappa shape index (κ1) is 14.7. The minimum atomic E-state index is -0.521. The smallest absolute Gasteiger partial charge is 0.327 e. The highest BCUT2D eigenvalue weighted by molar-refractivity contribution is 9.10. The Labute approximate surface area is 113 Å². The third kappa shape index (κ3) is 3.81. The lowest BCUT2D eigenvalue weighted by molar-refractivity contribution is -0.141. The molecule has 0 saturated heterocycles. The number of carbonyl (C=O) groups is 1. The zero-order valence-electron chi connectivity index (χ0n) is 10.2. The molecule has 0 aliphatic rings. The second-order valence-corrected chi connectivity index (χ2v) is 4.23. The van der Waals surface area contributed by atoms with Gasteiger partial charge in [-0.25, -0.2) is 4.68 Å². The van der Waals surface area contributed by atoms with E-state index in [9.17, 15) is 9.59 Å². The van der Waals surface area contributed by atoms with E-state index in [-0.39, 0.29) is 12.1 Å². The van der Waals surface area contributed by atoms with Gasteiger partial charge in [-0.3, -0.25) is 9.59 Å². The maximum absolute atomic E-state index is 11.9. The molecule has 0 aliphatic carbocycles. The Hall–Kier alpha value is -1.41. The van der Waals surface area contributed by atoms with E-state index in [0.29, 0.717) is 16.7 Å². The summed E-state index contributed by atoms with van der Waals surface area (Å²) in [5, 5.41) is 9.92. The van der Waals surface area contributed by atoms with Crippen LogP contribution < -0.4 is 16.2 Å².